The van der Waals surface area contributed by atoms with Crippen molar-refractivity contribution in [2.45, 2.75) is 17.7 Å². The van der Waals surface area contributed by atoms with Crippen LogP contribution in [-0.4, -0.2) is 77.0 Å². The molecule has 0 bridgehead atoms. The molecule has 184 valence electrons. The fourth-order valence-corrected chi connectivity index (χ4v) is 6.33. The van der Waals surface area contributed by atoms with Crippen molar-refractivity contribution >= 4 is 33.2 Å². The van der Waals surface area contributed by atoms with Crippen LogP contribution in [0, 0.1) is 5.92 Å². The van der Waals surface area contributed by atoms with Gasteiger partial charge in [0.25, 0.3) is 0 Å². The maximum Gasteiger partial charge on any atom is 0.243 e. The highest BCUT2D eigenvalue weighted by Gasteiger charge is 2.36. The number of sulfonamides is 1. The molecular formula is C24H30ClN3O5S. The zero-order valence-electron chi connectivity index (χ0n) is 19.4. The number of halogens is 1. The van der Waals surface area contributed by atoms with Crippen molar-refractivity contribution in [3.8, 4) is 11.5 Å². The van der Waals surface area contributed by atoms with Crippen molar-refractivity contribution in [3.63, 3.8) is 0 Å². The van der Waals surface area contributed by atoms with E-state index in [1.807, 2.05) is 29.2 Å². The lowest BCUT2D eigenvalue weighted by molar-refractivity contribution is -0.137. The van der Waals surface area contributed by atoms with Crippen LogP contribution in [-0.2, 0) is 14.8 Å². The van der Waals surface area contributed by atoms with Gasteiger partial charge < -0.3 is 19.3 Å². The van der Waals surface area contributed by atoms with E-state index in [0.717, 1.165) is 5.69 Å². The van der Waals surface area contributed by atoms with Gasteiger partial charge in [-0.15, -0.1) is 0 Å². The molecule has 2 aromatic carbocycles. The highest BCUT2D eigenvalue weighted by atomic mass is 35.5. The monoisotopic (exact) mass is 507 g/mol. The van der Waals surface area contributed by atoms with Gasteiger partial charge in [0.05, 0.1) is 25.0 Å². The van der Waals surface area contributed by atoms with Gasteiger partial charge in [-0.25, -0.2) is 8.42 Å². The molecule has 2 aliphatic rings. The molecule has 8 nitrogen and oxygen atoms in total. The number of benzene rings is 2. The van der Waals surface area contributed by atoms with Crippen LogP contribution >= 0.6 is 11.6 Å². The number of carbonyl (C=O) groups excluding carboxylic acids is 1. The number of rotatable bonds is 6. The van der Waals surface area contributed by atoms with Crippen LogP contribution in [0.1, 0.15) is 12.8 Å². The molecule has 0 saturated carbocycles. The minimum Gasteiger partial charge on any atom is -0.493 e. The van der Waals surface area contributed by atoms with E-state index in [-0.39, 0.29) is 23.3 Å². The molecule has 1 amide bonds. The van der Waals surface area contributed by atoms with Crippen LogP contribution < -0.4 is 14.4 Å². The number of anilines is 1. The average molecular weight is 508 g/mol. The fraction of sp³-hybridized carbons (Fsp3) is 0.458. The van der Waals surface area contributed by atoms with Crippen LogP contribution in [0.5, 0.6) is 11.5 Å². The van der Waals surface area contributed by atoms with Gasteiger partial charge in [0.15, 0.2) is 11.5 Å². The van der Waals surface area contributed by atoms with E-state index >= 15 is 0 Å². The second kappa shape index (κ2) is 10.4. The number of piperidine rings is 1. The topological polar surface area (TPSA) is 79.4 Å². The molecule has 0 aromatic heterocycles. The zero-order valence-corrected chi connectivity index (χ0v) is 21.0. The number of hydrogen-bond acceptors (Lipinski definition) is 6. The molecule has 0 spiro atoms. The first-order valence-electron chi connectivity index (χ1n) is 11.3. The highest BCUT2D eigenvalue weighted by molar-refractivity contribution is 7.89. The van der Waals surface area contributed by atoms with Crippen LogP contribution in [0.2, 0.25) is 5.02 Å². The molecule has 34 heavy (non-hydrogen) atoms. The molecule has 4 rings (SSSR count). The Morgan fingerprint density at radius 3 is 2.38 bits per heavy atom. The first kappa shape index (κ1) is 24.6. The van der Waals surface area contributed by atoms with Crippen molar-refractivity contribution in [1.29, 1.82) is 0 Å². The van der Waals surface area contributed by atoms with Gasteiger partial charge in [-0.05, 0) is 43.2 Å². The summed E-state index contributed by atoms with van der Waals surface area (Å²) in [7, 11) is -0.789. The number of methoxy groups -OCH3 is 2. The summed E-state index contributed by atoms with van der Waals surface area (Å²) in [5.41, 5.74) is 1.05. The lowest BCUT2D eigenvalue weighted by Crippen LogP contribution is -2.53. The second-order valence-corrected chi connectivity index (χ2v) is 10.9. The summed E-state index contributed by atoms with van der Waals surface area (Å²) in [6, 6.07) is 12.3. The Bertz CT molecular complexity index is 1140. The fourth-order valence-electron chi connectivity index (χ4n) is 4.60. The largest absolute Gasteiger partial charge is 0.493 e. The number of piperazine rings is 1. The predicted molar refractivity (Wildman–Crippen MR) is 131 cm³/mol. The van der Waals surface area contributed by atoms with Gasteiger partial charge in [0.2, 0.25) is 15.9 Å². The predicted octanol–water partition coefficient (Wildman–Crippen LogP) is 3.11. The van der Waals surface area contributed by atoms with E-state index in [4.69, 9.17) is 21.1 Å². The summed E-state index contributed by atoms with van der Waals surface area (Å²) in [6.45, 7) is 3.21. The molecule has 0 aliphatic carbocycles. The van der Waals surface area contributed by atoms with Gasteiger partial charge in [0, 0.05) is 56.0 Å². The molecule has 1 atom stereocenters. The lowest BCUT2D eigenvalue weighted by Gasteiger charge is -2.39. The van der Waals surface area contributed by atoms with Crippen molar-refractivity contribution in [2.75, 3.05) is 58.4 Å². The summed E-state index contributed by atoms with van der Waals surface area (Å²) >= 11 is 6.11. The lowest BCUT2D eigenvalue weighted by atomic mass is 9.97. The average Bonchev–Trinajstić information content (AvgIpc) is 2.88. The van der Waals surface area contributed by atoms with Gasteiger partial charge in [-0.1, -0.05) is 17.7 Å². The molecule has 0 N–H and O–H groups in total. The van der Waals surface area contributed by atoms with Crippen molar-refractivity contribution < 1.29 is 22.7 Å². The molecular weight excluding hydrogens is 478 g/mol. The summed E-state index contributed by atoms with van der Waals surface area (Å²) in [5, 5.41) is 0.689. The normalized spacial score (nSPS) is 19.7. The number of nitrogens with zero attached hydrogens (tertiary/aromatic N) is 3. The van der Waals surface area contributed by atoms with Crippen molar-refractivity contribution in [3.05, 3.63) is 47.5 Å². The minimum atomic E-state index is -3.76. The molecule has 2 fully saturated rings. The SMILES string of the molecule is COc1ccc(S(=O)(=O)N2CCC[C@H](C(=O)N3CCN(c4cccc(Cl)c4)CC3)C2)cc1OC. The summed E-state index contributed by atoms with van der Waals surface area (Å²) in [5.74, 6) is 0.496. The molecule has 2 heterocycles. The van der Waals surface area contributed by atoms with Crippen molar-refractivity contribution in [2.24, 2.45) is 5.92 Å². The van der Waals surface area contributed by atoms with Gasteiger partial charge in [-0.3, -0.25) is 4.79 Å². The Hall–Kier alpha value is -2.49. The van der Waals surface area contributed by atoms with Crippen LogP contribution in [0.25, 0.3) is 0 Å². The molecule has 0 unspecified atom stereocenters. The van der Waals surface area contributed by atoms with E-state index in [0.29, 0.717) is 62.1 Å². The van der Waals surface area contributed by atoms with Crippen LogP contribution in [0.4, 0.5) is 5.69 Å². The van der Waals surface area contributed by atoms with E-state index in [1.54, 1.807) is 6.07 Å². The number of carbonyl (C=O) groups is 1. The Morgan fingerprint density at radius 1 is 0.971 bits per heavy atom. The third kappa shape index (κ3) is 5.11. The van der Waals surface area contributed by atoms with Crippen LogP contribution in [0.15, 0.2) is 47.4 Å². The van der Waals surface area contributed by atoms with Crippen LogP contribution in [0.3, 0.4) is 0 Å². The minimum absolute atomic E-state index is 0.0259. The first-order chi connectivity index (χ1) is 16.3. The van der Waals surface area contributed by atoms with Gasteiger partial charge in [0.1, 0.15) is 0 Å². The Morgan fingerprint density at radius 2 is 1.71 bits per heavy atom. The first-order valence-corrected chi connectivity index (χ1v) is 13.2. The number of amides is 1. The maximum absolute atomic E-state index is 13.3. The van der Waals surface area contributed by atoms with Gasteiger partial charge in [-0.2, -0.15) is 4.31 Å². The third-order valence-corrected chi connectivity index (χ3v) is 8.59. The second-order valence-electron chi connectivity index (χ2n) is 8.51. The summed E-state index contributed by atoms with van der Waals surface area (Å²) in [6.07, 6.45) is 1.33. The Balaban J connectivity index is 1.41. The summed E-state index contributed by atoms with van der Waals surface area (Å²) in [4.78, 5) is 17.5. The van der Waals surface area contributed by atoms with E-state index in [9.17, 15) is 13.2 Å². The van der Waals surface area contributed by atoms with E-state index in [2.05, 4.69) is 4.90 Å². The third-order valence-electron chi connectivity index (χ3n) is 6.49. The van der Waals surface area contributed by atoms with E-state index in [1.165, 1.54) is 30.7 Å². The number of ether oxygens (including phenoxy) is 2. The highest BCUT2D eigenvalue weighted by Crippen LogP contribution is 2.32. The Labute approximate surface area is 206 Å². The molecule has 2 aliphatic heterocycles. The smallest absolute Gasteiger partial charge is 0.243 e. The summed E-state index contributed by atoms with van der Waals surface area (Å²) < 4.78 is 38.5. The molecule has 10 heteroatoms. The molecule has 0 radical (unpaired) electrons. The quantitative estimate of drug-likeness (QED) is 0.598. The zero-order chi connectivity index (χ0) is 24.3. The Kier molecular flexibility index (Phi) is 7.54. The maximum atomic E-state index is 13.3. The van der Waals surface area contributed by atoms with Crippen molar-refractivity contribution in [1.82, 2.24) is 9.21 Å². The standard InChI is InChI=1S/C24H30ClN3O5S/c1-32-22-9-8-21(16-23(22)33-2)34(30,31)28-10-4-5-18(17-28)24(29)27-13-11-26(12-14-27)20-7-3-6-19(25)15-20/h3,6-9,15-16,18H,4-5,10-14,17H2,1-2H3/t18-/m0/s1. The van der Waals surface area contributed by atoms with E-state index < -0.39 is 10.0 Å². The molecule has 2 aromatic rings. The van der Waals surface area contributed by atoms with Gasteiger partial charge >= 0.3 is 0 Å². The number of hydrogen-bond donors (Lipinski definition) is 0. The molecule has 2 saturated heterocycles.